The molecule has 114 valence electrons. The van der Waals surface area contributed by atoms with Crippen molar-refractivity contribution in [2.24, 2.45) is 5.92 Å². The van der Waals surface area contributed by atoms with E-state index in [2.05, 4.69) is 5.32 Å². The molecule has 0 bridgehead atoms. The first-order valence-corrected chi connectivity index (χ1v) is 7.90. The fraction of sp³-hybridized carbons (Fsp3) is 0.500. The highest BCUT2D eigenvalue weighted by Gasteiger charge is 2.20. The van der Waals surface area contributed by atoms with Crippen molar-refractivity contribution in [3.05, 3.63) is 42.0 Å². The summed E-state index contributed by atoms with van der Waals surface area (Å²) in [6.45, 7) is 0.707. The zero-order chi connectivity index (χ0) is 14.9. The minimum absolute atomic E-state index is 0.104. The van der Waals surface area contributed by atoms with Crippen molar-refractivity contribution in [2.75, 3.05) is 6.54 Å². The summed E-state index contributed by atoms with van der Waals surface area (Å²) in [5.74, 6) is 0.547. The van der Waals surface area contributed by atoms with Gasteiger partial charge in [0.15, 0.2) is 0 Å². The smallest absolute Gasteiger partial charge is 0.220 e. The van der Waals surface area contributed by atoms with Crippen molar-refractivity contribution in [2.45, 2.75) is 44.6 Å². The van der Waals surface area contributed by atoms with Gasteiger partial charge in [0.25, 0.3) is 0 Å². The molecule has 0 aromatic heterocycles. The Hall–Kier alpha value is -1.61. The van der Waals surface area contributed by atoms with Crippen molar-refractivity contribution in [3.63, 3.8) is 0 Å². The third kappa shape index (κ3) is 6.13. The predicted molar refractivity (Wildman–Crippen MR) is 85.7 cm³/mol. The third-order valence-electron chi connectivity index (χ3n) is 3.99. The van der Waals surface area contributed by atoms with Gasteiger partial charge in [-0.05, 0) is 37.2 Å². The molecule has 1 aliphatic rings. The highest BCUT2D eigenvalue weighted by Crippen LogP contribution is 2.23. The number of aliphatic hydroxyl groups is 1. The van der Waals surface area contributed by atoms with Crippen LogP contribution in [0.15, 0.2) is 36.4 Å². The second kappa shape index (κ2) is 8.63. The second-order valence-electron chi connectivity index (χ2n) is 5.84. The highest BCUT2D eigenvalue weighted by atomic mass is 16.3. The van der Waals surface area contributed by atoms with Crippen LogP contribution >= 0.6 is 0 Å². The molecule has 1 aliphatic carbocycles. The minimum atomic E-state index is -0.172. The van der Waals surface area contributed by atoms with Crippen LogP contribution in [0.1, 0.15) is 44.1 Å². The van der Waals surface area contributed by atoms with Crippen molar-refractivity contribution in [1.82, 2.24) is 5.32 Å². The molecule has 0 saturated heterocycles. The molecule has 1 fully saturated rings. The molecule has 1 aromatic carbocycles. The second-order valence-corrected chi connectivity index (χ2v) is 5.84. The SMILES string of the molecule is O=C(CCC=Cc1ccccc1)NCC1CCCC(O)C1. The number of hydrogen-bond donors (Lipinski definition) is 2. The lowest BCUT2D eigenvalue weighted by atomic mass is 9.87. The third-order valence-corrected chi connectivity index (χ3v) is 3.99. The molecule has 1 amide bonds. The summed E-state index contributed by atoms with van der Waals surface area (Å²) < 4.78 is 0. The zero-order valence-electron chi connectivity index (χ0n) is 12.5. The molecule has 1 aromatic rings. The van der Waals surface area contributed by atoms with Crippen LogP contribution in [0.5, 0.6) is 0 Å². The average molecular weight is 287 g/mol. The van der Waals surface area contributed by atoms with Crippen LogP contribution in [-0.2, 0) is 4.79 Å². The summed E-state index contributed by atoms with van der Waals surface area (Å²) in [5.41, 5.74) is 1.16. The molecular formula is C18H25NO2. The average Bonchev–Trinajstić information content (AvgIpc) is 2.51. The normalized spacial score (nSPS) is 22.3. The Morgan fingerprint density at radius 3 is 2.86 bits per heavy atom. The maximum atomic E-state index is 11.8. The first-order valence-electron chi connectivity index (χ1n) is 7.90. The Kier molecular flexibility index (Phi) is 6.48. The van der Waals surface area contributed by atoms with E-state index >= 15 is 0 Å². The maximum Gasteiger partial charge on any atom is 0.220 e. The Morgan fingerprint density at radius 1 is 1.29 bits per heavy atom. The van der Waals surface area contributed by atoms with Gasteiger partial charge in [0, 0.05) is 13.0 Å². The lowest BCUT2D eigenvalue weighted by molar-refractivity contribution is -0.121. The molecule has 0 spiro atoms. The molecule has 3 nitrogen and oxygen atoms in total. The minimum Gasteiger partial charge on any atom is -0.393 e. The van der Waals surface area contributed by atoms with E-state index in [9.17, 15) is 9.90 Å². The summed E-state index contributed by atoms with van der Waals surface area (Å²) in [6, 6.07) is 10.1. The Morgan fingerprint density at radius 2 is 2.10 bits per heavy atom. The van der Waals surface area contributed by atoms with Crippen LogP contribution in [-0.4, -0.2) is 23.7 Å². The molecule has 0 heterocycles. The number of hydrogen-bond acceptors (Lipinski definition) is 2. The molecule has 3 heteroatoms. The van der Waals surface area contributed by atoms with E-state index in [4.69, 9.17) is 0 Å². The molecule has 2 rings (SSSR count). The standard InChI is InChI=1S/C18H25NO2/c20-17-11-6-10-16(13-17)14-19-18(21)12-5-4-9-15-7-2-1-3-8-15/h1-4,7-9,16-17,20H,5-6,10-14H2,(H,19,21). The van der Waals surface area contributed by atoms with Crippen LogP contribution in [0.3, 0.4) is 0 Å². The summed E-state index contributed by atoms with van der Waals surface area (Å²) in [4.78, 5) is 11.8. The van der Waals surface area contributed by atoms with Gasteiger partial charge in [-0.25, -0.2) is 0 Å². The molecule has 2 atom stereocenters. The zero-order valence-corrected chi connectivity index (χ0v) is 12.5. The summed E-state index contributed by atoms with van der Waals surface area (Å²) in [6.07, 6.45) is 9.13. The van der Waals surface area contributed by atoms with E-state index in [-0.39, 0.29) is 12.0 Å². The lowest BCUT2D eigenvalue weighted by Crippen LogP contribution is -2.32. The Labute approximate surface area is 127 Å². The topological polar surface area (TPSA) is 49.3 Å². The van der Waals surface area contributed by atoms with Crippen LogP contribution in [0.25, 0.3) is 6.08 Å². The molecule has 21 heavy (non-hydrogen) atoms. The fourth-order valence-electron chi connectivity index (χ4n) is 2.79. The predicted octanol–water partition coefficient (Wildman–Crippen LogP) is 3.15. The fourth-order valence-corrected chi connectivity index (χ4v) is 2.79. The lowest BCUT2D eigenvalue weighted by Gasteiger charge is -2.25. The summed E-state index contributed by atoms with van der Waals surface area (Å²) in [7, 11) is 0. The largest absolute Gasteiger partial charge is 0.393 e. The Balaban J connectivity index is 1.60. The maximum absolute atomic E-state index is 11.8. The summed E-state index contributed by atoms with van der Waals surface area (Å²) >= 11 is 0. The van der Waals surface area contributed by atoms with E-state index in [1.54, 1.807) is 0 Å². The van der Waals surface area contributed by atoms with Gasteiger partial charge in [0.1, 0.15) is 0 Å². The van der Waals surface area contributed by atoms with Crippen LogP contribution in [0.4, 0.5) is 0 Å². The molecule has 1 saturated carbocycles. The number of allylic oxidation sites excluding steroid dienone is 1. The number of aliphatic hydroxyl groups excluding tert-OH is 1. The number of rotatable bonds is 6. The molecule has 0 radical (unpaired) electrons. The molecule has 2 unspecified atom stereocenters. The molecule has 2 N–H and O–H groups in total. The van der Waals surface area contributed by atoms with Gasteiger partial charge >= 0.3 is 0 Å². The first kappa shape index (κ1) is 15.8. The van der Waals surface area contributed by atoms with E-state index in [1.165, 1.54) is 0 Å². The van der Waals surface area contributed by atoms with Gasteiger partial charge < -0.3 is 10.4 Å². The van der Waals surface area contributed by atoms with Crippen LogP contribution in [0, 0.1) is 5.92 Å². The van der Waals surface area contributed by atoms with Crippen molar-refractivity contribution in [1.29, 1.82) is 0 Å². The molecular weight excluding hydrogens is 262 g/mol. The van der Waals surface area contributed by atoms with E-state index in [0.29, 0.717) is 18.9 Å². The highest BCUT2D eigenvalue weighted by molar-refractivity contribution is 5.76. The molecule has 0 aliphatic heterocycles. The van der Waals surface area contributed by atoms with Gasteiger partial charge in [0.05, 0.1) is 6.10 Å². The van der Waals surface area contributed by atoms with Crippen molar-refractivity contribution in [3.8, 4) is 0 Å². The van der Waals surface area contributed by atoms with Crippen LogP contribution in [0.2, 0.25) is 0 Å². The number of amides is 1. The quantitative estimate of drug-likeness (QED) is 0.844. The summed E-state index contributed by atoms with van der Waals surface area (Å²) in [5, 5.41) is 12.6. The van der Waals surface area contributed by atoms with E-state index < -0.39 is 0 Å². The van der Waals surface area contributed by atoms with Gasteiger partial charge in [-0.2, -0.15) is 0 Å². The van der Waals surface area contributed by atoms with Gasteiger partial charge in [-0.15, -0.1) is 0 Å². The number of carbonyl (C=O) groups is 1. The van der Waals surface area contributed by atoms with Crippen molar-refractivity contribution < 1.29 is 9.90 Å². The number of benzene rings is 1. The van der Waals surface area contributed by atoms with Gasteiger partial charge in [0.2, 0.25) is 5.91 Å². The van der Waals surface area contributed by atoms with E-state index in [0.717, 1.165) is 37.7 Å². The number of nitrogens with one attached hydrogen (secondary N) is 1. The monoisotopic (exact) mass is 287 g/mol. The first-order chi connectivity index (χ1) is 10.2. The Bertz CT molecular complexity index is 456. The number of carbonyl (C=O) groups excluding carboxylic acids is 1. The van der Waals surface area contributed by atoms with Gasteiger partial charge in [-0.3, -0.25) is 4.79 Å². The van der Waals surface area contributed by atoms with Gasteiger partial charge in [-0.1, -0.05) is 48.9 Å². The van der Waals surface area contributed by atoms with E-state index in [1.807, 2.05) is 42.5 Å². The van der Waals surface area contributed by atoms with Crippen molar-refractivity contribution >= 4 is 12.0 Å². The van der Waals surface area contributed by atoms with Crippen LogP contribution < -0.4 is 5.32 Å².